The second-order valence-corrected chi connectivity index (χ2v) is 6.03. The molecule has 8 heteroatoms. The SMILES string of the molecule is O=C(N[C@H]1CCOc2ccccc21)[C@@H]1CC(=O)N(CC(F)(F)F)C1. The number of halogens is 3. The Balaban J connectivity index is 1.63. The van der Waals surface area contributed by atoms with Gasteiger partial charge in [-0.25, -0.2) is 0 Å². The standard InChI is InChI=1S/C16H17F3N2O3/c17-16(18,19)9-21-8-10(7-14(21)22)15(23)20-12-5-6-24-13-4-2-1-3-11(12)13/h1-4,10,12H,5-9H2,(H,20,23)/t10-,12+/m1/s1. The van der Waals surface area contributed by atoms with Crippen molar-refractivity contribution in [2.45, 2.75) is 25.1 Å². The Bertz CT molecular complexity index is 648. The van der Waals surface area contributed by atoms with Gasteiger partial charge in [0, 0.05) is 24.9 Å². The summed E-state index contributed by atoms with van der Waals surface area (Å²) in [5.74, 6) is -1.10. The first-order valence-electron chi connectivity index (χ1n) is 7.70. The zero-order valence-corrected chi connectivity index (χ0v) is 12.8. The Morgan fingerprint density at radius 3 is 2.83 bits per heavy atom. The number of alkyl halides is 3. The molecule has 0 unspecified atom stereocenters. The maximum Gasteiger partial charge on any atom is 0.406 e. The van der Waals surface area contributed by atoms with Gasteiger partial charge in [-0.15, -0.1) is 0 Å². The van der Waals surface area contributed by atoms with Gasteiger partial charge in [-0.2, -0.15) is 13.2 Å². The highest BCUT2D eigenvalue weighted by molar-refractivity contribution is 5.89. The van der Waals surface area contributed by atoms with E-state index in [0.29, 0.717) is 23.7 Å². The number of rotatable bonds is 3. The quantitative estimate of drug-likeness (QED) is 0.915. The van der Waals surface area contributed by atoms with Gasteiger partial charge in [-0.05, 0) is 6.07 Å². The molecule has 1 N–H and O–H groups in total. The molecular formula is C16H17F3N2O3. The van der Waals surface area contributed by atoms with E-state index in [0.717, 1.165) is 5.56 Å². The van der Waals surface area contributed by atoms with E-state index in [1.807, 2.05) is 18.2 Å². The Labute approximate surface area is 136 Å². The van der Waals surface area contributed by atoms with Crippen LogP contribution in [-0.4, -0.2) is 42.6 Å². The number of carbonyl (C=O) groups is 2. The molecule has 2 heterocycles. The highest BCUT2D eigenvalue weighted by Crippen LogP contribution is 2.32. The summed E-state index contributed by atoms with van der Waals surface area (Å²) in [5.41, 5.74) is 0.841. The summed E-state index contributed by atoms with van der Waals surface area (Å²) in [4.78, 5) is 24.7. The van der Waals surface area contributed by atoms with Gasteiger partial charge in [0.25, 0.3) is 0 Å². The van der Waals surface area contributed by atoms with E-state index < -0.39 is 30.5 Å². The molecule has 2 atom stereocenters. The number of fused-ring (bicyclic) bond motifs is 1. The molecule has 0 saturated carbocycles. The first-order chi connectivity index (χ1) is 11.3. The van der Waals surface area contributed by atoms with Crippen LogP contribution in [0.4, 0.5) is 13.2 Å². The lowest BCUT2D eigenvalue weighted by Crippen LogP contribution is -2.39. The summed E-state index contributed by atoms with van der Waals surface area (Å²) in [5, 5.41) is 2.84. The van der Waals surface area contributed by atoms with Crippen LogP contribution in [0.2, 0.25) is 0 Å². The Hall–Kier alpha value is -2.25. The van der Waals surface area contributed by atoms with Gasteiger partial charge < -0.3 is 15.0 Å². The van der Waals surface area contributed by atoms with E-state index in [-0.39, 0.29) is 19.0 Å². The fraction of sp³-hybridized carbons (Fsp3) is 0.500. The van der Waals surface area contributed by atoms with Crippen LogP contribution in [0.15, 0.2) is 24.3 Å². The fourth-order valence-corrected chi connectivity index (χ4v) is 3.10. The summed E-state index contributed by atoms with van der Waals surface area (Å²) in [6.45, 7) is -1.06. The van der Waals surface area contributed by atoms with Crippen molar-refractivity contribution in [3.8, 4) is 5.75 Å². The van der Waals surface area contributed by atoms with Gasteiger partial charge in [0.2, 0.25) is 11.8 Å². The zero-order chi connectivity index (χ0) is 17.3. The lowest BCUT2D eigenvalue weighted by atomic mass is 9.99. The molecule has 2 amide bonds. The Morgan fingerprint density at radius 1 is 1.33 bits per heavy atom. The predicted molar refractivity (Wildman–Crippen MR) is 78.2 cm³/mol. The molecule has 24 heavy (non-hydrogen) atoms. The first-order valence-corrected chi connectivity index (χ1v) is 7.70. The zero-order valence-electron chi connectivity index (χ0n) is 12.8. The van der Waals surface area contributed by atoms with E-state index in [2.05, 4.69) is 5.32 Å². The average Bonchev–Trinajstić information content (AvgIpc) is 2.87. The molecule has 0 aromatic heterocycles. The minimum absolute atomic E-state index is 0.188. The van der Waals surface area contributed by atoms with E-state index in [1.165, 1.54) is 0 Å². The molecule has 130 valence electrons. The van der Waals surface area contributed by atoms with Crippen molar-refractivity contribution in [3.63, 3.8) is 0 Å². The van der Waals surface area contributed by atoms with Gasteiger partial charge in [0.05, 0.1) is 18.6 Å². The van der Waals surface area contributed by atoms with Crippen molar-refractivity contribution in [1.29, 1.82) is 0 Å². The maximum absolute atomic E-state index is 12.4. The number of benzene rings is 1. The number of nitrogens with one attached hydrogen (secondary N) is 1. The number of nitrogens with zero attached hydrogens (tertiary/aromatic N) is 1. The third-order valence-electron chi connectivity index (χ3n) is 4.23. The smallest absolute Gasteiger partial charge is 0.406 e. The normalized spacial score (nSPS) is 23.6. The van der Waals surface area contributed by atoms with Crippen molar-refractivity contribution < 1.29 is 27.5 Å². The number of hydrogen-bond donors (Lipinski definition) is 1. The maximum atomic E-state index is 12.4. The molecule has 1 aromatic rings. The lowest BCUT2D eigenvalue weighted by Gasteiger charge is -2.27. The molecule has 0 bridgehead atoms. The van der Waals surface area contributed by atoms with Crippen molar-refractivity contribution in [3.05, 3.63) is 29.8 Å². The summed E-state index contributed by atoms with van der Waals surface area (Å²) in [6.07, 6.45) is -4.07. The summed E-state index contributed by atoms with van der Waals surface area (Å²) in [7, 11) is 0. The van der Waals surface area contributed by atoms with E-state index >= 15 is 0 Å². The topological polar surface area (TPSA) is 58.6 Å². The molecule has 1 saturated heterocycles. The van der Waals surface area contributed by atoms with Gasteiger partial charge in [-0.1, -0.05) is 18.2 Å². The van der Waals surface area contributed by atoms with Crippen LogP contribution < -0.4 is 10.1 Å². The largest absolute Gasteiger partial charge is 0.493 e. The van der Waals surface area contributed by atoms with Crippen LogP contribution in [0.1, 0.15) is 24.4 Å². The second-order valence-electron chi connectivity index (χ2n) is 6.03. The predicted octanol–water partition coefficient (Wildman–Crippen LogP) is 2.04. The third kappa shape index (κ3) is 3.63. The summed E-state index contributed by atoms with van der Waals surface area (Å²) in [6, 6.07) is 7.05. The summed E-state index contributed by atoms with van der Waals surface area (Å²) >= 11 is 0. The van der Waals surface area contributed by atoms with E-state index in [9.17, 15) is 22.8 Å². The van der Waals surface area contributed by atoms with Gasteiger partial charge in [0.15, 0.2) is 0 Å². The van der Waals surface area contributed by atoms with Crippen LogP contribution in [0.5, 0.6) is 5.75 Å². The molecule has 2 aliphatic heterocycles. The highest BCUT2D eigenvalue weighted by Gasteiger charge is 2.41. The number of ether oxygens (including phenoxy) is 1. The van der Waals surface area contributed by atoms with Crippen molar-refractivity contribution in [2.75, 3.05) is 19.7 Å². The molecule has 1 fully saturated rings. The number of hydrogen-bond acceptors (Lipinski definition) is 3. The Morgan fingerprint density at radius 2 is 2.08 bits per heavy atom. The van der Waals surface area contributed by atoms with Crippen molar-refractivity contribution in [1.82, 2.24) is 10.2 Å². The van der Waals surface area contributed by atoms with Gasteiger partial charge in [-0.3, -0.25) is 9.59 Å². The Kier molecular flexibility index (Phi) is 4.38. The number of carbonyl (C=O) groups excluding carboxylic acids is 2. The fourth-order valence-electron chi connectivity index (χ4n) is 3.10. The molecule has 2 aliphatic rings. The molecular weight excluding hydrogens is 325 g/mol. The van der Waals surface area contributed by atoms with Crippen LogP contribution in [0.3, 0.4) is 0 Å². The van der Waals surface area contributed by atoms with Crippen LogP contribution in [-0.2, 0) is 9.59 Å². The average molecular weight is 342 g/mol. The first kappa shape index (κ1) is 16.6. The molecule has 1 aromatic carbocycles. The number of para-hydroxylation sites is 1. The van der Waals surface area contributed by atoms with Crippen LogP contribution in [0, 0.1) is 5.92 Å². The molecule has 0 radical (unpaired) electrons. The highest BCUT2D eigenvalue weighted by atomic mass is 19.4. The molecule has 0 aliphatic carbocycles. The number of amides is 2. The molecule has 5 nitrogen and oxygen atoms in total. The molecule has 0 spiro atoms. The van der Waals surface area contributed by atoms with Crippen LogP contribution in [0.25, 0.3) is 0 Å². The minimum atomic E-state index is -4.46. The number of likely N-dealkylation sites (tertiary alicyclic amines) is 1. The van der Waals surface area contributed by atoms with Gasteiger partial charge >= 0.3 is 6.18 Å². The minimum Gasteiger partial charge on any atom is -0.493 e. The summed E-state index contributed by atoms with van der Waals surface area (Å²) < 4.78 is 42.8. The molecule has 3 rings (SSSR count). The van der Waals surface area contributed by atoms with Gasteiger partial charge in [0.1, 0.15) is 12.3 Å². The van der Waals surface area contributed by atoms with E-state index in [4.69, 9.17) is 4.74 Å². The monoisotopic (exact) mass is 342 g/mol. The van der Waals surface area contributed by atoms with Crippen LogP contribution >= 0.6 is 0 Å². The second kappa shape index (κ2) is 6.33. The van der Waals surface area contributed by atoms with Crippen molar-refractivity contribution >= 4 is 11.8 Å². The van der Waals surface area contributed by atoms with Crippen molar-refractivity contribution in [2.24, 2.45) is 5.92 Å². The lowest BCUT2D eigenvalue weighted by molar-refractivity contribution is -0.157. The third-order valence-corrected chi connectivity index (χ3v) is 4.23. The van der Waals surface area contributed by atoms with E-state index in [1.54, 1.807) is 6.07 Å².